The van der Waals surface area contributed by atoms with Gasteiger partial charge >= 0.3 is 0 Å². The van der Waals surface area contributed by atoms with Crippen LogP contribution >= 0.6 is 11.6 Å². The van der Waals surface area contributed by atoms with Crippen LogP contribution in [-0.4, -0.2) is 28.7 Å². The molecule has 0 radical (unpaired) electrons. The molecule has 6 heteroatoms. The fourth-order valence-corrected chi connectivity index (χ4v) is 3.67. The summed E-state index contributed by atoms with van der Waals surface area (Å²) in [5.41, 5.74) is 2.12. The van der Waals surface area contributed by atoms with Crippen molar-refractivity contribution in [2.75, 3.05) is 13.7 Å². The lowest BCUT2D eigenvalue weighted by atomic mass is 10.0. The van der Waals surface area contributed by atoms with Crippen molar-refractivity contribution in [2.24, 2.45) is 0 Å². The highest BCUT2D eigenvalue weighted by Gasteiger charge is 2.28. The largest absolute Gasteiger partial charge is 0.497 e. The van der Waals surface area contributed by atoms with E-state index in [4.69, 9.17) is 20.9 Å². The molecule has 134 valence electrons. The molecule has 26 heavy (non-hydrogen) atoms. The van der Waals surface area contributed by atoms with Gasteiger partial charge in [0.05, 0.1) is 13.7 Å². The van der Waals surface area contributed by atoms with Crippen molar-refractivity contribution < 1.29 is 9.26 Å². The number of halogens is 1. The topological polar surface area (TPSA) is 51.4 Å². The van der Waals surface area contributed by atoms with E-state index in [0.717, 1.165) is 30.7 Å². The van der Waals surface area contributed by atoms with Crippen molar-refractivity contribution in [2.45, 2.75) is 25.4 Å². The van der Waals surface area contributed by atoms with E-state index in [1.807, 2.05) is 36.4 Å². The first-order valence-electron chi connectivity index (χ1n) is 8.69. The summed E-state index contributed by atoms with van der Waals surface area (Å²) in [7, 11) is 1.70. The molecular weight excluding hydrogens is 350 g/mol. The van der Waals surface area contributed by atoms with E-state index in [1.165, 1.54) is 5.56 Å². The van der Waals surface area contributed by atoms with E-state index in [0.29, 0.717) is 29.3 Å². The summed E-state index contributed by atoms with van der Waals surface area (Å²) in [6.45, 7) is 1.65. The van der Waals surface area contributed by atoms with Crippen LogP contribution in [0.25, 0.3) is 11.4 Å². The second-order valence-corrected chi connectivity index (χ2v) is 6.86. The fraction of sp³-hybridized carbons (Fsp3) is 0.300. The smallest absolute Gasteiger partial charge is 0.241 e. The minimum atomic E-state index is 0.339. The van der Waals surface area contributed by atoms with Crippen LogP contribution in [0.4, 0.5) is 0 Å². The first-order chi connectivity index (χ1) is 12.7. The lowest BCUT2D eigenvalue weighted by Crippen LogP contribution is -2.23. The zero-order valence-electron chi connectivity index (χ0n) is 14.6. The minimum Gasteiger partial charge on any atom is -0.497 e. The number of likely N-dealkylation sites (tertiary alicyclic amines) is 1. The van der Waals surface area contributed by atoms with E-state index >= 15 is 0 Å². The van der Waals surface area contributed by atoms with Crippen LogP contribution in [0.2, 0.25) is 5.02 Å². The first kappa shape index (κ1) is 17.1. The lowest BCUT2D eigenvalue weighted by Gasteiger charge is -2.23. The molecule has 5 nitrogen and oxygen atoms in total. The molecule has 0 saturated carbocycles. The Hall–Kier alpha value is -2.37. The summed E-state index contributed by atoms with van der Waals surface area (Å²) in [4.78, 5) is 6.92. The standard InChI is InChI=1S/C20H20ClN3O2/c1-25-17-8-3-5-14(12-17)18-9-4-10-24(18)13-19-22-20(23-26-19)15-6-2-7-16(21)11-15/h2-3,5-8,11-12,18H,4,9-10,13H2,1H3. The average molecular weight is 370 g/mol. The number of benzene rings is 2. The predicted octanol–water partition coefficient (Wildman–Crippen LogP) is 4.74. The minimum absolute atomic E-state index is 0.339. The zero-order chi connectivity index (χ0) is 17.9. The van der Waals surface area contributed by atoms with Crippen LogP contribution in [0.5, 0.6) is 5.75 Å². The summed E-state index contributed by atoms with van der Waals surface area (Å²) in [5, 5.41) is 4.76. The molecule has 4 rings (SSSR count). The third-order valence-electron chi connectivity index (χ3n) is 4.73. The van der Waals surface area contributed by atoms with Crippen molar-refractivity contribution >= 4 is 11.6 Å². The quantitative estimate of drug-likeness (QED) is 0.650. The molecule has 3 aromatic rings. The molecule has 1 aromatic heterocycles. The Morgan fingerprint density at radius 1 is 1.23 bits per heavy atom. The van der Waals surface area contributed by atoms with E-state index < -0.39 is 0 Å². The second kappa shape index (κ2) is 7.48. The van der Waals surface area contributed by atoms with E-state index in [2.05, 4.69) is 27.2 Å². The molecule has 1 aliphatic rings. The maximum absolute atomic E-state index is 6.05. The van der Waals surface area contributed by atoms with Crippen LogP contribution in [-0.2, 0) is 6.54 Å². The summed E-state index contributed by atoms with van der Waals surface area (Å²) in [6, 6.07) is 16.1. The number of aromatic nitrogens is 2. The predicted molar refractivity (Wildman–Crippen MR) is 100 cm³/mol. The highest BCUT2D eigenvalue weighted by atomic mass is 35.5. The summed E-state index contributed by atoms with van der Waals surface area (Å²) in [6.07, 6.45) is 2.26. The molecule has 0 N–H and O–H groups in total. The molecule has 1 aliphatic heterocycles. The number of methoxy groups -OCH3 is 1. The van der Waals surface area contributed by atoms with Gasteiger partial charge in [0, 0.05) is 16.6 Å². The van der Waals surface area contributed by atoms with Crippen molar-refractivity contribution in [3.05, 3.63) is 65.0 Å². The fourth-order valence-electron chi connectivity index (χ4n) is 3.48. The van der Waals surface area contributed by atoms with Crippen LogP contribution < -0.4 is 4.74 Å². The maximum Gasteiger partial charge on any atom is 0.241 e. The summed E-state index contributed by atoms with van der Waals surface area (Å²) >= 11 is 6.05. The third-order valence-corrected chi connectivity index (χ3v) is 4.97. The molecule has 0 spiro atoms. The Kier molecular flexibility index (Phi) is 4.91. The van der Waals surface area contributed by atoms with Gasteiger partial charge in [-0.2, -0.15) is 4.98 Å². The van der Waals surface area contributed by atoms with Crippen LogP contribution in [0, 0.1) is 0 Å². The Morgan fingerprint density at radius 2 is 2.12 bits per heavy atom. The van der Waals surface area contributed by atoms with Gasteiger partial charge in [0.15, 0.2) is 0 Å². The number of hydrogen-bond acceptors (Lipinski definition) is 5. The lowest BCUT2D eigenvalue weighted by molar-refractivity contribution is 0.212. The molecule has 2 heterocycles. The Labute approximate surface area is 157 Å². The van der Waals surface area contributed by atoms with Crippen molar-refractivity contribution in [3.63, 3.8) is 0 Å². The average Bonchev–Trinajstić information content (AvgIpc) is 3.32. The van der Waals surface area contributed by atoms with E-state index in [9.17, 15) is 0 Å². The van der Waals surface area contributed by atoms with Crippen molar-refractivity contribution in [1.82, 2.24) is 15.0 Å². The molecule has 1 unspecified atom stereocenters. The monoisotopic (exact) mass is 369 g/mol. The Bertz CT molecular complexity index is 896. The molecule has 1 atom stereocenters. The van der Waals surface area contributed by atoms with Gasteiger partial charge in [-0.15, -0.1) is 0 Å². The van der Waals surface area contributed by atoms with Crippen LogP contribution in [0.15, 0.2) is 53.1 Å². The summed E-state index contributed by atoms with van der Waals surface area (Å²) in [5.74, 6) is 2.07. The number of nitrogens with zero attached hydrogens (tertiary/aromatic N) is 3. The highest BCUT2D eigenvalue weighted by Crippen LogP contribution is 2.34. The normalized spacial score (nSPS) is 17.5. The van der Waals surface area contributed by atoms with Gasteiger partial charge in [0.25, 0.3) is 0 Å². The van der Waals surface area contributed by atoms with Gasteiger partial charge in [-0.1, -0.05) is 41.0 Å². The molecule has 0 bridgehead atoms. The summed E-state index contributed by atoms with van der Waals surface area (Å²) < 4.78 is 10.8. The SMILES string of the molecule is COc1cccc(C2CCCN2Cc2nc(-c3cccc(Cl)c3)no2)c1. The molecule has 0 amide bonds. The molecule has 1 fully saturated rings. The number of ether oxygens (including phenoxy) is 1. The molecule has 2 aromatic carbocycles. The van der Waals surface area contributed by atoms with Crippen molar-refractivity contribution in [1.29, 1.82) is 0 Å². The van der Waals surface area contributed by atoms with Gasteiger partial charge in [-0.25, -0.2) is 0 Å². The van der Waals surface area contributed by atoms with Gasteiger partial charge in [0.2, 0.25) is 11.7 Å². The molecule has 0 aliphatic carbocycles. The molecule has 1 saturated heterocycles. The van der Waals surface area contributed by atoms with E-state index in [-0.39, 0.29) is 0 Å². The number of rotatable bonds is 5. The highest BCUT2D eigenvalue weighted by molar-refractivity contribution is 6.30. The Balaban J connectivity index is 1.51. The van der Waals surface area contributed by atoms with Gasteiger partial charge in [0.1, 0.15) is 5.75 Å². The van der Waals surface area contributed by atoms with Crippen molar-refractivity contribution in [3.8, 4) is 17.1 Å². The molecular formula is C20H20ClN3O2. The number of hydrogen-bond donors (Lipinski definition) is 0. The van der Waals surface area contributed by atoms with Crippen LogP contribution in [0.1, 0.15) is 30.3 Å². The first-order valence-corrected chi connectivity index (χ1v) is 9.07. The zero-order valence-corrected chi connectivity index (χ0v) is 15.3. The third kappa shape index (κ3) is 3.59. The Morgan fingerprint density at radius 3 is 2.96 bits per heavy atom. The van der Waals surface area contributed by atoms with Crippen LogP contribution in [0.3, 0.4) is 0 Å². The maximum atomic E-state index is 6.05. The van der Waals surface area contributed by atoms with Gasteiger partial charge in [-0.3, -0.25) is 4.90 Å². The van der Waals surface area contributed by atoms with E-state index in [1.54, 1.807) is 7.11 Å². The van der Waals surface area contributed by atoms with Gasteiger partial charge < -0.3 is 9.26 Å². The van der Waals surface area contributed by atoms with Gasteiger partial charge in [-0.05, 0) is 49.2 Å². The second-order valence-electron chi connectivity index (χ2n) is 6.43.